The molecule has 0 saturated carbocycles. The maximum Gasteiger partial charge on any atom is 0.416 e. The fourth-order valence-corrected chi connectivity index (χ4v) is 2.16. The average molecular weight is 265 g/mol. The first kappa shape index (κ1) is 12.5. The van der Waals surface area contributed by atoms with Gasteiger partial charge in [-0.2, -0.15) is 13.2 Å². The van der Waals surface area contributed by atoms with Gasteiger partial charge < -0.3 is 4.90 Å². The summed E-state index contributed by atoms with van der Waals surface area (Å²) in [6.07, 6.45) is -3.41. The maximum absolute atomic E-state index is 12.6. The van der Waals surface area contributed by atoms with Gasteiger partial charge in [0.05, 0.1) is 5.56 Å². The predicted molar refractivity (Wildman–Crippen MR) is 60.2 cm³/mol. The van der Waals surface area contributed by atoms with E-state index in [0.717, 1.165) is 31.6 Å². The fourth-order valence-electron chi connectivity index (χ4n) is 1.95. The molecule has 1 saturated heterocycles. The van der Waals surface area contributed by atoms with Gasteiger partial charge in [-0.15, -0.1) is 0 Å². The molecule has 0 N–H and O–H groups in total. The Kier molecular flexibility index (Phi) is 3.21. The number of hydrogen-bond donors (Lipinski definition) is 0. The molecule has 1 aliphatic heterocycles. The highest BCUT2D eigenvalue weighted by Crippen LogP contribution is 2.33. The summed E-state index contributed by atoms with van der Waals surface area (Å²) in [4.78, 5) is 5.79. The van der Waals surface area contributed by atoms with Gasteiger partial charge in [0.2, 0.25) is 0 Å². The van der Waals surface area contributed by atoms with Gasteiger partial charge in [0.1, 0.15) is 11.0 Å². The van der Waals surface area contributed by atoms with Crippen LogP contribution in [0.1, 0.15) is 18.9 Å². The summed E-state index contributed by atoms with van der Waals surface area (Å²) in [7, 11) is 0. The van der Waals surface area contributed by atoms with Crippen molar-refractivity contribution in [2.75, 3.05) is 18.0 Å². The third kappa shape index (κ3) is 2.83. The quantitative estimate of drug-likeness (QED) is 0.721. The molecule has 1 aromatic heterocycles. The van der Waals surface area contributed by atoms with Crippen LogP contribution < -0.4 is 4.90 Å². The average Bonchev–Trinajstić information content (AvgIpc) is 2.62. The second-order valence-electron chi connectivity index (χ2n) is 4.37. The van der Waals surface area contributed by atoms with Crippen LogP contribution in [-0.2, 0) is 6.18 Å². The minimum atomic E-state index is -4.38. The van der Waals surface area contributed by atoms with Crippen molar-refractivity contribution in [1.29, 1.82) is 0 Å². The van der Waals surface area contributed by atoms with E-state index in [-0.39, 0.29) is 5.15 Å². The van der Waals surface area contributed by atoms with Crippen molar-refractivity contribution in [3.8, 4) is 0 Å². The number of rotatable bonds is 1. The van der Waals surface area contributed by atoms with Crippen LogP contribution in [0.4, 0.5) is 19.0 Å². The molecule has 0 amide bonds. The maximum atomic E-state index is 12.6. The lowest BCUT2D eigenvalue weighted by Crippen LogP contribution is -2.21. The Hall–Kier alpha value is -0.970. The van der Waals surface area contributed by atoms with Crippen molar-refractivity contribution < 1.29 is 13.2 Å². The van der Waals surface area contributed by atoms with Gasteiger partial charge in [-0.05, 0) is 24.5 Å². The van der Waals surface area contributed by atoms with Crippen LogP contribution in [0, 0.1) is 5.92 Å². The molecule has 0 bridgehead atoms. The van der Waals surface area contributed by atoms with E-state index in [1.807, 2.05) is 4.90 Å². The Morgan fingerprint density at radius 1 is 1.41 bits per heavy atom. The zero-order valence-corrected chi connectivity index (χ0v) is 10.0. The van der Waals surface area contributed by atoms with E-state index in [1.165, 1.54) is 0 Å². The molecule has 1 unspecified atom stereocenters. The van der Waals surface area contributed by atoms with E-state index >= 15 is 0 Å². The number of hydrogen-bond acceptors (Lipinski definition) is 2. The van der Waals surface area contributed by atoms with Crippen LogP contribution in [0.25, 0.3) is 0 Å². The number of alkyl halides is 3. The summed E-state index contributed by atoms with van der Waals surface area (Å²) in [5, 5.41) is -0.116. The van der Waals surface area contributed by atoms with Gasteiger partial charge in [0.15, 0.2) is 0 Å². The summed E-state index contributed by atoms with van der Waals surface area (Å²) >= 11 is 5.63. The highest BCUT2D eigenvalue weighted by molar-refractivity contribution is 6.29. The first-order valence-electron chi connectivity index (χ1n) is 5.36. The molecule has 1 fully saturated rings. The Morgan fingerprint density at radius 3 is 2.65 bits per heavy atom. The zero-order valence-electron chi connectivity index (χ0n) is 9.26. The van der Waals surface area contributed by atoms with Gasteiger partial charge in [0, 0.05) is 13.1 Å². The molecule has 2 heterocycles. The van der Waals surface area contributed by atoms with Crippen LogP contribution in [-0.4, -0.2) is 18.1 Å². The molecule has 94 valence electrons. The van der Waals surface area contributed by atoms with E-state index in [1.54, 1.807) is 0 Å². The molecule has 1 aliphatic rings. The number of nitrogens with zero attached hydrogens (tertiary/aromatic N) is 2. The summed E-state index contributed by atoms with van der Waals surface area (Å²) in [6.45, 7) is 3.52. The monoisotopic (exact) mass is 264 g/mol. The number of halogens is 4. The van der Waals surface area contributed by atoms with Crippen LogP contribution in [0.5, 0.6) is 0 Å². The molecule has 0 aromatic carbocycles. The SMILES string of the molecule is CC1CCN(c2cc(C(F)(F)F)cc(Cl)n2)C1. The van der Waals surface area contributed by atoms with E-state index in [0.29, 0.717) is 11.7 Å². The van der Waals surface area contributed by atoms with Gasteiger partial charge in [0.25, 0.3) is 0 Å². The molecule has 2 rings (SSSR count). The third-order valence-corrected chi connectivity index (χ3v) is 3.05. The molecule has 0 aliphatic carbocycles. The minimum Gasteiger partial charge on any atom is -0.356 e. The molecule has 1 aromatic rings. The van der Waals surface area contributed by atoms with Crippen molar-refractivity contribution in [1.82, 2.24) is 4.98 Å². The molecular weight excluding hydrogens is 253 g/mol. The Balaban J connectivity index is 2.32. The normalized spacial score (nSPS) is 21.0. The predicted octanol–water partition coefficient (Wildman–Crippen LogP) is 3.60. The van der Waals surface area contributed by atoms with Crippen molar-refractivity contribution in [3.63, 3.8) is 0 Å². The van der Waals surface area contributed by atoms with Crippen LogP contribution in [0.2, 0.25) is 5.15 Å². The van der Waals surface area contributed by atoms with Crippen LogP contribution in [0.15, 0.2) is 12.1 Å². The zero-order chi connectivity index (χ0) is 12.6. The van der Waals surface area contributed by atoms with Crippen molar-refractivity contribution in [3.05, 3.63) is 22.8 Å². The number of aromatic nitrogens is 1. The van der Waals surface area contributed by atoms with E-state index in [4.69, 9.17) is 11.6 Å². The standard InChI is InChI=1S/C11H12ClF3N2/c1-7-2-3-17(6-7)10-5-8(11(13,14)15)4-9(12)16-10/h4-5,7H,2-3,6H2,1H3. The molecule has 1 atom stereocenters. The lowest BCUT2D eigenvalue weighted by Gasteiger charge is -2.18. The summed E-state index contributed by atoms with van der Waals surface area (Å²) in [5.74, 6) is 0.791. The molecule has 0 radical (unpaired) electrons. The summed E-state index contributed by atoms with van der Waals surface area (Å²) < 4.78 is 37.8. The lowest BCUT2D eigenvalue weighted by molar-refractivity contribution is -0.137. The van der Waals surface area contributed by atoms with Crippen molar-refractivity contribution >= 4 is 17.4 Å². The summed E-state index contributed by atoms with van der Waals surface area (Å²) in [6, 6.07) is 1.91. The van der Waals surface area contributed by atoms with Crippen LogP contribution >= 0.6 is 11.6 Å². The van der Waals surface area contributed by atoms with Crippen LogP contribution in [0.3, 0.4) is 0 Å². The van der Waals surface area contributed by atoms with Crippen molar-refractivity contribution in [2.24, 2.45) is 5.92 Å². The van der Waals surface area contributed by atoms with Gasteiger partial charge in [-0.3, -0.25) is 0 Å². The largest absolute Gasteiger partial charge is 0.416 e. The highest BCUT2D eigenvalue weighted by atomic mass is 35.5. The molecule has 2 nitrogen and oxygen atoms in total. The lowest BCUT2D eigenvalue weighted by atomic mass is 10.2. The van der Waals surface area contributed by atoms with E-state index in [2.05, 4.69) is 11.9 Å². The number of pyridine rings is 1. The Labute approximate surface area is 102 Å². The van der Waals surface area contributed by atoms with Crippen molar-refractivity contribution in [2.45, 2.75) is 19.5 Å². The second-order valence-corrected chi connectivity index (χ2v) is 4.76. The van der Waals surface area contributed by atoms with Gasteiger partial charge in [-0.25, -0.2) is 4.98 Å². The third-order valence-electron chi connectivity index (χ3n) is 2.86. The van der Waals surface area contributed by atoms with Gasteiger partial charge in [-0.1, -0.05) is 18.5 Å². The highest BCUT2D eigenvalue weighted by Gasteiger charge is 2.32. The smallest absolute Gasteiger partial charge is 0.356 e. The van der Waals surface area contributed by atoms with Gasteiger partial charge >= 0.3 is 6.18 Å². The number of anilines is 1. The Morgan fingerprint density at radius 2 is 2.12 bits per heavy atom. The van der Waals surface area contributed by atoms with E-state index in [9.17, 15) is 13.2 Å². The minimum absolute atomic E-state index is 0.116. The van der Waals surface area contributed by atoms with E-state index < -0.39 is 11.7 Å². The summed E-state index contributed by atoms with van der Waals surface area (Å²) in [5.41, 5.74) is -0.743. The molecular formula is C11H12ClF3N2. The molecule has 0 spiro atoms. The molecule has 17 heavy (non-hydrogen) atoms. The topological polar surface area (TPSA) is 16.1 Å². The first-order valence-corrected chi connectivity index (χ1v) is 5.74. The molecule has 6 heteroatoms. The first-order chi connectivity index (χ1) is 7.86. The Bertz CT molecular complexity index is 420. The second kappa shape index (κ2) is 4.37. The fraction of sp³-hybridized carbons (Fsp3) is 0.545.